The van der Waals surface area contributed by atoms with Gasteiger partial charge in [-0.3, -0.25) is 0 Å². The fraction of sp³-hybridized carbons (Fsp3) is 0.0588. The first-order valence-corrected chi connectivity index (χ1v) is 6.33. The Morgan fingerprint density at radius 2 is 1.57 bits per heavy atom. The number of benzene rings is 2. The highest BCUT2D eigenvalue weighted by molar-refractivity contribution is 5.96. The van der Waals surface area contributed by atoms with Gasteiger partial charge in [0.25, 0.3) is 0 Å². The van der Waals surface area contributed by atoms with Crippen LogP contribution in [0.1, 0.15) is 22.8 Å². The maximum absolute atomic E-state index is 11.2. The average molecular weight is 282 g/mol. The molecule has 0 radical (unpaired) electrons. The lowest BCUT2D eigenvalue weighted by Gasteiger charge is -2.06. The quantitative estimate of drug-likeness (QED) is 0.841. The Bertz CT molecular complexity index is 712. The van der Waals surface area contributed by atoms with E-state index in [2.05, 4.69) is 0 Å². The van der Waals surface area contributed by atoms with Crippen LogP contribution >= 0.6 is 0 Å². The van der Waals surface area contributed by atoms with Gasteiger partial charge in [0, 0.05) is 5.57 Å². The van der Waals surface area contributed by atoms with Crippen LogP contribution in [0.15, 0.2) is 54.1 Å². The summed E-state index contributed by atoms with van der Waals surface area (Å²) in [5.41, 5.74) is 2.65. The Hall–Kier alpha value is -2.88. The summed E-state index contributed by atoms with van der Waals surface area (Å²) in [6, 6.07) is 13.9. The maximum Gasteiger partial charge on any atom is 0.336 e. The monoisotopic (exact) mass is 282 g/mol. The van der Waals surface area contributed by atoms with Gasteiger partial charge < -0.3 is 10.2 Å². The van der Waals surface area contributed by atoms with Crippen molar-refractivity contribution in [2.75, 3.05) is 0 Å². The molecule has 2 aromatic carbocycles. The van der Waals surface area contributed by atoms with Crippen LogP contribution in [-0.4, -0.2) is 22.2 Å². The molecule has 4 nitrogen and oxygen atoms in total. The van der Waals surface area contributed by atoms with E-state index in [-0.39, 0.29) is 11.1 Å². The Labute approximate surface area is 122 Å². The topological polar surface area (TPSA) is 74.6 Å². The van der Waals surface area contributed by atoms with Gasteiger partial charge in [-0.05, 0) is 35.8 Å². The highest BCUT2D eigenvalue weighted by atomic mass is 16.4. The number of hydrogen-bond acceptors (Lipinski definition) is 2. The second kappa shape index (κ2) is 6.05. The Morgan fingerprint density at radius 1 is 0.952 bits per heavy atom. The molecule has 0 bridgehead atoms. The zero-order valence-electron chi connectivity index (χ0n) is 11.4. The molecule has 0 aliphatic rings. The van der Waals surface area contributed by atoms with E-state index >= 15 is 0 Å². The third-order valence-corrected chi connectivity index (χ3v) is 3.10. The molecule has 0 saturated heterocycles. The highest BCUT2D eigenvalue weighted by Gasteiger charge is 2.10. The number of carbonyl (C=O) groups is 2. The third kappa shape index (κ3) is 3.36. The molecule has 106 valence electrons. The van der Waals surface area contributed by atoms with E-state index in [1.165, 1.54) is 6.92 Å². The molecule has 0 heterocycles. The Morgan fingerprint density at radius 3 is 2.14 bits per heavy atom. The van der Waals surface area contributed by atoms with Gasteiger partial charge in [0.05, 0.1) is 5.56 Å². The molecular weight excluding hydrogens is 268 g/mol. The summed E-state index contributed by atoms with van der Waals surface area (Å²) in [5, 5.41) is 18.0. The average Bonchev–Trinajstić information content (AvgIpc) is 2.48. The maximum atomic E-state index is 11.2. The summed E-state index contributed by atoms with van der Waals surface area (Å²) in [5.74, 6) is -1.94. The van der Waals surface area contributed by atoms with E-state index < -0.39 is 11.9 Å². The Kier molecular flexibility index (Phi) is 4.18. The van der Waals surface area contributed by atoms with Crippen LogP contribution in [0.5, 0.6) is 0 Å². The van der Waals surface area contributed by atoms with Gasteiger partial charge in [-0.15, -0.1) is 0 Å². The molecule has 0 aliphatic heterocycles. The van der Waals surface area contributed by atoms with Gasteiger partial charge >= 0.3 is 11.9 Å². The number of aromatic carboxylic acids is 1. The van der Waals surface area contributed by atoms with Crippen LogP contribution in [0.3, 0.4) is 0 Å². The smallest absolute Gasteiger partial charge is 0.336 e. The van der Waals surface area contributed by atoms with Gasteiger partial charge in [-0.1, -0.05) is 42.5 Å². The van der Waals surface area contributed by atoms with Crippen LogP contribution in [0.25, 0.3) is 17.2 Å². The van der Waals surface area contributed by atoms with Crippen molar-refractivity contribution in [1.82, 2.24) is 0 Å². The van der Waals surface area contributed by atoms with Crippen molar-refractivity contribution in [3.05, 3.63) is 65.2 Å². The minimum atomic E-state index is -0.976. The van der Waals surface area contributed by atoms with Crippen molar-refractivity contribution in [2.24, 2.45) is 0 Å². The molecular formula is C17H14O4. The van der Waals surface area contributed by atoms with Crippen molar-refractivity contribution >= 4 is 18.0 Å². The molecule has 2 rings (SSSR count). The van der Waals surface area contributed by atoms with Gasteiger partial charge in [-0.25, -0.2) is 9.59 Å². The standard InChI is InChI=1S/C17H14O4/c1-11(16(18)19)10-12-6-8-13(9-7-12)14-4-2-3-5-15(14)17(20)21/h2-10H,1H3,(H,18,19)(H,20,21)/b11-10+. The molecule has 0 saturated carbocycles. The third-order valence-electron chi connectivity index (χ3n) is 3.10. The molecule has 0 unspecified atom stereocenters. The predicted octanol–water partition coefficient (Wildman–Crippen LogP) is 3.54. The lowest BCUT2D eigenvalue weighted by atomic mass is 9.98. The molecule has 2 aromatic rings. The van der Waals surface area contributed by atoms with Crippen LogP contribution in [0.4, 0.5) is 0 Å². The van der Waals surface area contributed by atoms with E-state index in [4.69, 9.17) is 5.11 Å². The summed E-state index contributed by atoms with van der Waals surface area (Å²) in [4.78, 5) is 22.0. The van der Waals surface area contributed by atoms with E-state index in [9.17, 15) is 14.7 Å². The second-order valence-electron chi connectivity index (χ2n) is 4.61. The molecule has 0 aromatic heterocycles. The fourth-order valence-corrected chi connectivity index (χ4v) is 1.99. The first-order chi connectivity index (χ1) is 9.99. The minimum absolute atomic E-state index is 0.238. The molecule has 0 spiro atoms. The van der Waals surface area contributed by atoms with Crippen molar-refractivity contribution in [2.45, 2.75) is 6.92 Å². The van der Waals surface area contributed by atoms with Crippen LogP contribution in [0.2, 0.25) is 0 Å². The van der Waals surface area contributed by atoms with Crippen molar-refractivity contribution in [1.29, 1.82) is 0 Å². The number of aliphatic carboxylic acids is 1. The lowest BCUT2D eigenvalue weighted by molar-refractivity contribution is -0.132. The van der Waals surface area contributed by atoms with E-state index in [0.717, 1.165) is 11.1 Å². The van der Waals surface area contributed by atoms with E-state index in [1.54, 1.807) is 54.6 Å². The molecule has 0 fully saturated rings. The van der Waals surface area contributed by atoms with E-state index in [0.29, 0.717) is 5.56 Å². The largest absolute Gasteiger partial charge is 0.478 e. The van der Waals surface area contributed by atoms with Gasteiger partial charge in [0.2, 0.25) is 0 Å². The summed E-state index contributed by atoms with van der Waals surface area (Å²) in [7, 11) is 0. The van der Waals surface area contributed by atoms with Crippen LogP contribution in [-0.2, 0) is 4.79 Å². The summed E-state index contributed by atoms with van der Waals surface area (Å²) in [6.45, 7) is 1.52. The molecule has 21 heavy (non-hydrogen) atoms. The number of hydrogen-bond donors (Lipinski definition) is 2. The van der Waals surface area contributed by atoms with E-state index in [1.807, 2.05) is 0 Å². The lowest BCUT2D eigenvalue weighted by Crippen LogP contribution is -1.99. The Balaban J connectivity index is 2.38. The molecule has 2 N–H and O–H groups in total. The second-order valence-corrected chi connectivity index (χ2v) is 4.61. The zero-order chi connectivity index (χ0) is 15.4. The summed E-state index contributed by atoms with van der Waals surface area (Å²) >= 11 is 0. The highest BCUT2D eigenvalue weighted by Crippen LogP contribution is 2.24. The zero-order valence-corrected chi connectivity index (χ0v) is 11.4. The number of carboxylic acids is 2. The normalized spacial score (nSPS) is 11.2. The first-order valence-electron chi connectivity index (χ1n) is 6.33. The van der Waals surface area contributed by atoms with Crippen molar-refractivity contribution in [3.63, 3.8) is 0 Å². The van der Waals surface area contributed by atoms with Crippen molar-refractivity contribution < 1.29 is 19.8 Å². The predicted molar refractivity (Wildman–Crippen MR) is 80.1 cm³/mol. The number of rotatable bonds is 4. The summed E-state index contributed by atoms with van der Waals surface area (Å²) in [6.07, 6.45) is 1.56. The van der Waals surface area contributed by atoms with Crippen molar-refractivity contribution in [3.8, 4) is 11.1 Å². The molecule has 4 heteroatoms. The van der Waals surface area contributed by atoms with Crippen LogP contribution in [0, 0.1) is 0 Å². The van der Waals surface area contributed by atoms with Gasteiger partial charge in [-0.2, -0.15) is 0 Å². The first kappa shape index (κ1) is 14.5. The van der Waals surface area contributed by atoms with Gasteiger partial charge in [0.15, 0.2) is 0 Å². The van der Waals surface area contributed by atoms with Gasteiger partial charge in [0.1, 0.15) is 0 Å². The molecule has 0 atom stereocenters. The van der Waals surface area contributed by atoms with Crippen LogP contribution < -0.4 is 0 Å². The number of carboxylic acid groups (broad SMARTS) is 2. The fourth-order valence-electron chi connectivity index (χ4n) is 1.99. The summed E-state index contributed by atoms with van der Waals surface area (Å²) < 4.78 is 0. The minimum Gasteiger partial charge on any atom is -0.478 e. The molecule has 0 aliphatic carbocycles. The SMILES string of the molecule is C/C(=C\c1ccc(-c2ccccc2C(=O)O)cc1)C(=O)O. The molecule has 0 amide bonds.